The number of nitrogens with zero attached hydrogens (tertiary/aromatic N) is 2. The molecule has 1 aromatic carbocycles. The fourth-order valence-corrected chi connectivity index (χ4v) is 2.85. The van der Waals surface area contributed by atoms with E-state index in [9.17, 15) is 9.59 Å². The Hall–Kier alpha value is -2.90. The molecule has 0 atom stereocenters. The second kappa shape index (κ2) is 9.70. The zero-order valence-corrected chi connectivity index (χ0v) is 16.2. The largest absolute Gasteiger partial charge is 0.493 e. The maximum Gasteiger partial charge on any atom is 0.409 e. The first kappa shape index (κ1) is 20.4. The smallest absolute Gasteiger partial charge is 0.409 e. The van der Waals surface area contributed by atoms with Crippen molar-refractivity contribution in [3.8, 4) is 17.2 Å². The monoisotopic (exact) mass is 378 g/mol. The Kier molecular flexibility index (Phi) is 7.34. The molecule has 27 heavy (non-hydrogen) atoms. The molecular formula is C19H26N2O6. The first-order valence-electron chi connectivity index (χ1n) is 8.73. The third-order valence-corrected chi connectivity index (χ3v) is 4.26. The molecule has 0 unspecified atom stereocenters. The van der Waals surface area contributed by atoms with Crippen molar-refractivity contribution in [2.75, 3.05) is 54.1 Å². The minimum absolute atomic E-state index is 0.129. The van der Waals surface area contributed by atoms with E-state index >= 15 is 0 Å². The number of methoxy groups -OCH3 is 3. The first-order valence-corrected chi connectivity index (χ1v) is 8.73. The molecule has 148 valence electrons. The zero-order chi connectivity index (χ0) is 19.8. The van der Waals surface area contributed by atoms with Crippen LogP contribution in [0.1, 0.15) is 12.5 Å². The van der Waals surface area contributed by atoms with Crippen LogP contribution >= 0.6 is 0 Å². The quantitative estimate of drug-likeness (QED) is 0.705. The number of amides is 2. The van der Waals surface area contributed by atoms with Crippen LogP contribution in [0.4, 0.5) is 4.79 Å². The van der Waals surface area contributed by atoms with E-state index < -0.39 is 0 Å². The van der Waals surface area contributed by atoms with Crippen LogP contribution in [0.3, 0.4) is 0 Å². The van der Waals surface area contributed by atoms with Crippen molar-refractivity contribution < 1.29 is 28.5 Å². The standard InChI is InChI=1S/C19H26N2O6/c1-5-27-19(23)21-12-10-20(11-13-21)16(22)9-7-14-6-8-15(24-2)18(26-4)17(14)25-3/h6-9H,5,10-13H2,1-4H3/b9-7+. The van der Waals surface area contributed by atoms with Crippen molar-refractivity contribution in [2.45, 2.75) is 6.92 Å². The molecule has 0 aliphatic carbocycles. The third-order valence-electron chi connectivity index (χ3n) is 4.26. The second-order valence-electron chi connectivity index (χ2n) is 5.77. The summed E-state index contributed by atoms with van der Waals surface area (Å²) in [5, 5.41) is 0. The minimum Gasteiger partial charge on any atom is -0.493 e. The summed E-state index contributed by atoms with van der Waals surface area (Å²) in [6, 6.07) is 3.55. The van der Waals surface area contributed by atoms with E-state index in [1.54, 1.807) is 42.0 Å². The first-order chi connectivity index (χ1) is 13.0. The van der Waals surface area contributed by atoms with Gasteiger partial charge in [0.15, 0.2) is 11.5 Å². The maximum atomic E-state index is 12.5. The van der Waals surface area contributed by atoms with Crippen LogP contribution in [0, 0.1) is 0 Å². The highest BCUT2D eigenvalue weighted by Crippen LogP contribution is 2.40. The van der Waals surface area contributed by atoms with Crippen molar-refractivity contribution >= 4 is 18.1 Å². The van der Waals surface area contributed by atoms with E-state index in [-0.39, 0.29) is 12.0 Å². The fraction of sp³-hybridized carbons (Fsp3) is 0.474. The fourth-order valence-electron chi connectivity index (χ4n) is 2.85. The molecule has 0 spiro atoms. The third kappa shape index (κ3) is 4.84. The van der Waals surface area contributed by atoms with E-state index in [1.165, 1.54) is 20.3 Å². The van der Waals surface area contributed by atoms with Crippen molar-refractivity contribution in [1.82, 2.24) is 9.80 Å². The molecule has 1 aliphatic heterocycles. The van der Waals surface area contributed by atoms with Crippen LogP contribution in [0.25, 0.3) is 6.08 Å². The molecule has 8 heteroatoms. The molecule has 1 saturated heterocycles. The van der Waals surface area contributed by atoms with E-state index in [0.717, 1.165) is 0 Å². The molecule has 2 amide bonds. The summed E-state index contributed by atoms with van der Waals surface area (Å²) in [5.74, 6) is 1.38. The predicted octanol–water partition coefficient (Wildman–Crippen LogP) is 2.03. The Balaban J connectivity index is 2.04. The number of carbonyl (C=O) groups excluding carboxylic acids is 2. The van der Waals surface area contributed by atoms with Gasteiger partial charge in [-0.25, -0.2) is 4.79 Å². The lowest BCUT2D eigenvalue weighted by molar-refractivity contribution is -0.127. The SMILES string of the molecule is CCOC(=O)N1CCN(C(=O)/C=C/c2ccc(OC)c(OC)c2OC)CC1. The van der Waals surface area contributed by atoms with Crippen LogP contribution in [0.2, 0.25) is 0 Å². The number of rotatable bonds is 6. The van der Waals surface area contributed by atoms with Gasteiger partial charge in [0.05, 0.1) is 27.9 Å². The van der Waals surface area contributed by atoms with Crippen LogP contribution < -0.4 is 14.2 Å². The molecule has 2 rings (SSSR count). The highest BCUT2D eigenvalue weighted by Gasteiger charge is 2.24. The Morgan fingerprint density at radius 2 is 1.59 bits per heavy atom. The van der Waals surface area contributed by atoms with Gasteiger partial charge in [0.1, 0.15) is 0 Å². The molecule has 0 radical (unpaired) electrons. The summed E-state index contributed by atoms with van der Waals surface area (Å²) in [6.45, 7) is 3.95. The zero-order valence-electron chi connectivity index (χ0n) is 16.2. The molecule has 1 fully saturated rings. The van der Waals surface area contributed by atoms with Crippen molar-refractivity contribution in [1.29, 1.82) is 0 Å². The summed E-state index contributed by atoms with van der Waals surface area (Å²) >= 11 is 0. The van der Waals surface area contributed by atoms with Gasteiger partial charge in [0.2, 0.25) is 11.7 Å². The molecule has 0 N–H and O–H groups in total. The van der Waals surface area contributed by atoms with E-state index in [4.69, 9.17) is 18.9 Å². The molecule has 0 saturated carbocycles. The van der Waals surface area contributed by atoms with Gasteiger partial charge in [-0.3, -0.25) is 4.79 Å². The average Bonchev–Trinajstić information content (AvgIpc) is 2.71. The summed E-state index contributed by atoms with van der Waals surface area (Å²) in [4.78, 5) is 27.5. The number of piperazine rings is 1. The molecule has 1 aliphatic rings. The van der Waals surface area contributed by atoms with Crippen molar-refractivity contribution in [3.63, 3.8) is 0 Å². The Morgan fingerprint density at radius 3 is 2.15 bits per heavy atom. The van der Waals surface area contributed by atoms with Crippen molar-refractivity contribution in [2.24, 2.45) is 0 Å². The lowest BCUT2D eigenvalue weighted by Crippen LogP contribution is -2.50. The van der Waals surface area contributed by atoms with Crippen LogP contribution in [0.5, 0.6) is 17.2 Å². The van der Waals surface area contributed by atoms with Gasteiger partial charge in [0, 0.05) is 37.8 Å². The number of hydrogen-bond acceptors (Lipinski definition) is 6. The molecule has 1 aromatic rings. The number of hydrogen-bond donors (Lipinski definition) is 0. The Bertz CT molecular complexity index is 696. The Morgan fingerprint density at radius 1 is 0.963 bits per heavy atom. The summed E-state index contributed by atoms with van der Waals surface area (Å²) in [7, 11) is 4.61. The van der Waals surface area contributed by atoms with Gasteiger partial charge in [-0.1, -0.05) is 0 Å². The summed E-state index contributed by atoms with van der Waals surface area (Å²) < 4.78 is 21.0. The highest BCUT2D eigenvalue weighted by molar-refractivity contribution is 5.92. The van der Waals surface area contributed by atoms with Gasteiger partial charge < -0.3 is 28.7 Å². The lowest BCUT2D eigenvalue weighted by Gasteiger charge is -2.33. The van der Waals surface area contributed by atoms with Crippen LogP contribution in [0.15, 0.2) is 18.2 Å². The second-order valence-corrected chi connectivity index (χ2v) is 5.77. The molecular weight excluding hydrogens is 352 g/mol. The van der Waals surface area contributed by atoms with Crippen molar-refractivity contribution in [3.05, 3.63) is 23.8 Å². The average molecular weight is 378 g/mol. The molecule has 0 bridgehead atoms. The number of carbonyl (C=O) groups is 2. The van der Waals surface area contributed by atoms with Crippen LogP contribution in [-0.2, 0) is 9.53 Å². The normalized spacial score (nSPS) is 14.2. The number of ether oxygens (including phenoxy) is 4. The number of benzene rings is 1. The van der Waals surface area contributed by atoms with Gasteiger partial charge >= 0.3 is 6.09 Å². The lowest BCUT2D eigenvalue weighted by atomic mass is 10.1. The van der Waals surface area contributed by atoms with Gasteiger partial charge in [-0.05, 0) is 25.1 Å². The van der Waals surface area contributed by atoms with E-state index in [1.807, 2.05) is 0 Å². The molecule has 1 heterocycles. The minimum atomic E-state index is -0.338. The molecule has 0 aromatic heterocycles. The van der Waals surface area contributed by atoms with Crippen LogP contribution in [-0.4, -0.2) is 75.9 Å². The van der Waals surface area contributed by atoms with E-state index in [0.29, 0.717) is 55.6 Å². The van der Waals surface area contributed by atoms with Gasteiger partial charge in [-0.2, -0.15) is 0 Å². The topological polar surface area (TPSA) is 77.5 Å². The summed E-state index contributed by atoms with van der Waals surface area (Å²) in [5.41, 5.74) is 0.702. The maximum absolute atomic E-state index is 12.5. The van der Waals surface area contributed by atoms with Gasteiger partial charge in [0.25, 0.3) is 0 Å². The van der Waals surface area contributed by atoms with E-state index in [2.05, 4.69) is 0 Å². The Labute approximate surface area is 159 Å². The summed E-state index contributed by atoms with van der Waals surface area (Å²) in [6.07, 6.45) is 2.83. The molecule has 8 nitrogen and oxygen atoms in total. The predicted molar refractivity (Wildman–Crippen MR) is 100 cm³/mol. The van der Waals surface area contributed by atoms with Gasteiger partial charge in [-0.15, -0.1) is 0 Å². The highest BCUT2D eigenvalue weighted by atomic mass is 16.6.